The van der Waals surface area contributed by atoms with E-state index in [-0.39, 0.29) is 0 Å². The van der Waals surface area contributed by atoms with E-state index in [0.29, 0.717) is 17.5 Å². The average Bonchev–Trinajstić information content (AvgIpc) is 2.75. The Morgan fingerprint density at radius 2 is 1.97 bits per heavy atom. The second-order valence-electron chi connectivity index (χ2n) is 7.31. The molecule has 4 rings (SSSR count). The van der Waals surface area contributed by atoms with Crippen molar-refractivity contribution >= 4 is 5.91 Å². The van der Waals surface area contributed by atoms with E-state index < -0.39 is 5.91 Å². The van der Waals surface area contributed by atoms with Gasteiger partial charge in [-0.25, -0.2) is 4.98 Å². The first-order valence-corrected chi connectivity index (χ1v) is 10.0. The SMILES string of the molecule is NC(=O)c1ccc(Oc2cccc3c2CCCC3NCCc2ccccc2)nc1. The second-order valence-corrected chi connectivity index (χ2v) is 7.31. The maximum absolute atomic E-state index is 11.2. The highest BCUT2D eigenvalue weighted by Crippen LogP contribution is 2.36. The number of primary amides is 1. The first-order chi connectivity index (χ1) is 14.2. The summed E-state index contributed by atoms with van der Waals surface area (Å²) in [6.45, 7) is 0.940. The fourth-order valence-electron chi connectivity index (χ4n) is 3.86. The number of nitrogens with zero attached hydrogens (tertiary/aromatic N) is 1. The van der Waals surface area contributed by atoms with E-state index in [0.717, 1.165) is 38.0 Å². The van der Waals surface area contributed by atoms with Crippen LogP contribution >= 0.6 is 0 Å². The van der Waals surface area contributed by atoms with Crippen LogP contribution in [0.5, 0.6) is 11.6 Å². The van der Waals surface area contributed by atoms with Gasteiger partial charge in [0.05, 0.1) is 5.56 Å². The Balaban J connectivity index is 1.46. The highest BCUT2D eigenvalue weighted by atomic mass is 16.5. The number of aromatic nitrogens is 1. The molecule has 0 bridgehead atoms. The zero-order valence-electron chi connectivity index (χ0n) is 16.3. The fourth-order valence-corrected chi connectivity index (χ4v) is 3.86. The summed E-state index contributed by atoms with van der Waals surface area (Å²) in [5.74, 6) is 0.796. The number of carbonyl (C=O) groups is 1. The molecule has 1 amide bonds. The summed E-state index contributed by atoms with van der Waals surface area (Å²) in [7, 11) is 0. The molecule has 1 heterocycles. The molecular weight excluding hydrogens is 362 g/mol. The van der Waals surface area contributed by atoms with Crippen molar-refractivity contribution < 1.29 is 9.53 Å². The number of hydrogen-bond donors (Lipinski definition) is 2. The molecule has 29 heavy (non-hydrogen) atoms. The number of rotatable bonds is 7. The summed E-state index contributed by atoms with van der Waals surface area (Å²) in [5.41, 5.74) is 9.52. The van der Waals surface area contributed by atoms with Crippen molar-refractivity contribution in [1.82, 2.24) is 10.3 Å². The summed E-state index contributed by atoms with van der Waals surface area (Å²) in [5, 5.41) is 3.71. The van der Waals surface area contributed by atoms with Crippen LogP contribution in [-0.4, -0.2) is 17.4 Å². The van der Waals surface area contributed by atoms with Crippen LogP contribution < -0.4 is 15.8 Å². The normalized spacial score (nSPS) is 15.5. The highest BCUT2D eigenvalue weighted by Gasteiger charge is 2.22. The molecule has 1 atom stereocenters. The van der Waals surface area contributed by atoms with Gasteiger partial charge in [-0.3, -0.25) is 4.79 Å². The Hall–Kier alpha value is -3.18. The molecule has 0 spiro atoms. The van der Waals surface area contributed by atoms with Crippen molar-refractivity contribution in [2.75, 3.05) is 6.54 Å². The molecule has 148 valence electrons. The van der Waals surface area contributed by atoms with Crippen LogP contribution in [0.4, 0.5) is 0 Å². The van der Waals surface area contributed by atoms with Crippen molar-refractivity contribution in [2.45, 2.75) is 31.7 Å². The van der Waals surface area contributed by atoms with E-state index >= 15 is 0 Å². The zero-order chi connectivity index (χ0) is 20.1. The predicted octanol–water partition coefficient (Wildman–Crippen LogP) is 4.18. The van der Waals surface area contributed by atoms with Crippen molar-refractivity contribution in [2.24, 2.45) is 5.73 Å². The third kappa shape index (κ3) is 4.63. The molecule has 1 aromatic heterocycles. The summed E-state index contributed by atoms with van der Waals surface area (Å²) in [6.07, 6.45) is 5.68. The molecule has 3 aromatic rings. The van der Waals surface area contributed by atoms with Gasteiger partial charge in [0.2, 0.25) is 11.8 Å². The maximum Gasteiger partial charge on any atom is 0.250 e. The minimum absolute atomic E-state index is 0.330. The third-order valence-electron chi connectivity index (χ3n) is 5.35. The Morgan fingerprint density at radius 3 is 2.72 bits per heavy atom. The van der Waals surface area contributed by atoms with Gasteiger partial charge >= 0.3 is 0 Å². The molecule has 0 saturated carbocycles. The Kier molecular flexibility index (Phi) is 5.86. The van der Waals surface area contributed by atoms with E-state index in [9.17, 15) is 4.79 Å². The number of benzene rings is 2. The molecule has 5 heteroatoms. The zero-order valence-corrected chi connectivity index (χ0v) is 16.3. The monoisotopic (exact) mass is 387 g/mol. The van der Waals surface area contributed by atoms with Crippen molar-refractivity contribution in [1.29, 1.82) is 0 Å². The number of ether oxygens (including phenoxy) is 1. The van der Waals surface area contributed by atoms with Crippen LogP contribution in [-0.2, 0) is 12.8 Å². The Morgan fingerprint density at radius 1 is 1.10 bits per heavy atom. The van der Waals surface area contributed by atoms with Gasteiger partial charge in [0, 0.05) is 18.3 Å². The molecular formula is C24H25N3O2. The first kappa shape index (κ1) is 19.2. The number of nitrogens with one attached hydrogen (secondary N) is 1. The van der Waals surface area contributed by atoms with Crippen LogP contribution in [0.25, 0.3) is 0 Å². The minimum Gasteiger partial charge on any atom is -0.439 e. The standard InChI is InChI=1S/C24H25N3O2/c25-24(28)18-12-13-23(27-16-18)29-22-11-5-8-19-20(22)9-4-10-21(19)26-15-14-17-6-2-1-3-7-17/h1-3,5-8,11-13,16,21,26H,4,9-10,14-15H2,(H2,25,28). The lowest BCUT2D eigenvalue weighted by atomic mass is 9.87. The van der Waals surface area contributed by atoms with Crippen molar-refractivity contribution in [3.63, 3.8) is 0 Å². The average molecular weight is 387 g/mol. The van der Waals surface area contributed by atoms with E-state index in [2.05, 4.69) is 40.6 Å². The molecule has 1 unspecified atom stereocenters. The van der Waals surface area contributed by atoms with E-state index in [1.54, 1.807) is 12.1 Å². The topological polar surface area (TPSA) is 77.2 Å². The smallest absolute Gasteiger partial charge is 0.250 e. The highest BCUT2D eigenvalue weighted by molar-refractivity contribution is 5.92. The van der Waals surface area contributed by atoms with Gasteiger partial charge in [-0.1, -0.05) is 42.5 Å². The van der Waals surface area contributed by atoms with Gasteiger partial charge in [0.25, 0.3) is 0 Å². The van der Waals surface area contributed by atoms with Crippen LogP contribution in [0.1, 0.15) is 45.9 Å². The molecule has 2 aromatic carbocycles. The Labute approximate surface area is 170 Å². The number of nitrogens with two attached hydrogens (primary N) is 1. The van der Waals surface area contributed by atoms with Gasteiger partial charge in [0.15, 0.2) is 0 Å². The third-order valence-corrected chi connectivity index (χ3v) is 5.35. The van der Waals surface area contributed by atoms with Crippen LogP contribution in [0.15, 0.2) is 66.9 Å². The molecule has 1 aliphatic carbocycles. The second kappa shape index (κ2) is 8.88. The van der Waals surface area contributed by atoms with Crippen LogP contribution in [0.2, 0.25) is 0 Å². The molecule has 0 fully saturated rings. The molecule has 0 radical (unpaired) electrons. The summed E-state index contributed by atoms with van der Waals surface area (Å²) < 4.78 is 6.04. The quantitative estimate of drug-likeness (QED) is 0.637. The van der Waals surface area contributed by atoms with Crippen molar-refractivity contribution in [3.05, 3.63) is 89.1 Å². The molecule has 5 nitrogen and oxygen atoms in total. The maximum atomic E-state index is 11.2. The predicted molar refractivity (Wildman–Crippen MR) is 113 cm³/mol. The van der Waals surface area contributed by atoms with Gasteiger partial charge in [0.1, 0.15) is 5.75 Å². The van der Waals surface area contributed by atoms with E-state index in [1.165, 1.54) is 22.9 Å². The summed E-state index contributed by atoms with van der Waals surface area (Å²) in [6, 6.07) is 20.4. The summed E-state index contributed by atoms with van der Waals surface area (Å²) >= 11 is 0. The van der Waals surface area contributed by atoms with Gasteiger partial charge in [-0.05, 0) is 61.1 Å². The van der Waals surface area contributed by atoms with Gasteiger partial charge in [-0.15, -0.1) is 0 Å². The molecule has 3 N–H and O–H groups in total. The lowest BCUT2D eigenvalue weighted by molar-refractivity contribution is 0.1000. The molecule has 1 aliphatic rings. The van der Waals surface area contributed by atoms with Gasteiger partial charge in [-0.2, -0.15) is 0 Å². The lowest BCUT2D eigenvalue weighted by Gasteiger charge is -2.28. The fraction of sp³-hybridized carbons (Fsp3) is 0.250. The number of carbonyl (C=O) groups excluding carboxylic acids is 1. The minimum atomic E-state index is -0.495. The lowest BCUT2D eigenvalue weighted by Crippen LogP contribution is -2.27. The number of pyridine rings is 1. The molecule has 0 saturated heterocycles. The number of fused-ring (bicyclic) bond motifs is 1. The number of amides is 1. The summed E-state index contributed by atoms with van der Waals surface area (Å²) in [4.78, 5) is 15.4. The first-order valence-electron chi connectivity index (χ1n) is 10.0. The van der Waals surface area contributed by atoms with Crippen molar-refractivity contribution in [3.8, 4) is 11.6 Å². The molecule has 0 aliphatic heterocycles. The van der Waals surface area contributed by atoms with Crippen LogP contribution in [0, 0.1) is 0 Å². The Bertz CT molecular complexity index is 971. The van der Waals surface area contributed by atoms with Crippen LogP contribution in [0.3, 0.4) is 0 Å². The van der Waals surface area contributed by atoms with Gasteiger partial charge < -0.3 is 15.8 Å². The van der Waals surface area contributed by atoms with E-state index in [4.69, 9.17) is 10.5 Å². The number of hydrogen-bond acceptors (Lipinski definition) is 4. The van der Waals surface area contributed by atoms with E-state index in [1.807, 2.05) is 18.2 Å². The largest absolute Gasteiger partial charge is 0.439 e.